The van der Waals surface area contributed by atoms with Crippen LogP contribution in [0.1, 0.15) is 23.2 Å². The fraction of sp³-hybridized carbons (Fsp3) is 0.333. The summed E-state index contributed by atoms with van der Waals surface area (Å²) in [5, 5.41) is 9.65. The minimum atomic E-state index is -1.31. The van der Waals surface area contributed by atoms with Crippen molar-refractivity contribution in [1.29, 1.82) is 0 Å². The van der Waals surface area contributed by atoms with Crippen molar-refractivity contribution in [3.63, 3.8) is 0 Å². The summed E-state index contributed by atoms with van der Waals surface area (Å²) in [6, 6.07) is 6.96. The highest BCUT2D eigenvalue weighted by Crippen LogP contribution is 2.10. The number of methoxy groups -OCH3 is 1. The fourth-order valence-corrected chi connectivity index (χ4v) is 2.01. The van der Waals surface area contributed by atoms with E-state index >= 15 is 0 Å². The molecule has 1 aromatic rings. The van der Waals surface area contributed by atoms with Crippen LogP contribution in [0, 0.1) is 0 Å². The third-order valence-electron chi connectivity index (χ3n) is 3.00. The number of hydrogen-bond acceptors (Lipinski definition) is 6. The molecule has 2 atom stereocenters. The van der Waals surface area contributed by atoms with Crippen molar-refractivity contribution in [3.05, 3.63) is 35.9 Å². The Balaban J connectivity index is 2.75. The first-order chi connectivity index (χ1) is 10.9. The molecule has 0 saturated heterocycles. The lowest BCUT2D eigenvalue weighted by molar-refractivity contribution is -0.145. The molecule has 8 heteroatoms. The van der Waals surface area contributed by atoms with Crippen LogP contribution in [0.4, 0.5) is 0 Å². The van der Waals surface area contributed by atoms with Crippen LogP contribution in [0.3, 0.4) is 0 Å². The van der Waals surface area contributed by atoms with Gasteiger partial charge in [-0.3, -0.25) is 14.4 Å². The Hall–Kier alpha value is -2.35. The molecule has 1 rings (SSSR count). The number of Topliss-reactive ketones (excluding diaryl/α,β-unsaturated/α-hetero) is 1. The number of rotatable bonds is 8. The van der Waals surface area contributed by atoms with E-state index in [2.05, 4.69) is 22.7 Å². The lowest BCUT2D eigenvalue weighted by Crippen LogP contribution is -2.46. The van der Waals surface area contributed by atoms with Gasteiger partial charge in [0.05, 0.1) is 7.11 Å². The molecular weight excluding hydrogens is 322 g/mol. The maximum atomic E-state index is 12.1. The van der Waals surface area contributed by atoms with Gasteiger partial charge in [-0.2, -0.15) is 12.6 Å². The Morgan fingerprint density at radius 3 is 2.35 bits per heavy atom. The first-order valence-corrected chi connectivity index (χ1v) is 7.25. The van der Waals surface area contributed by atoms with Gasteiger partial charge >= 0.3 is 11.9 Å². The van der Waals surface area contributed by atoms with Crippen LogP contribution >= 0.6 is 12.6 Å². The second-order valence-corrected chi connectivity index (χ2v) is 5.17. The number of ether oxygens (including phenoxy) is 1. The summed E-state index contributed by atoms with van der Waals surface area (Å²) in [5.74, 6) is -3.21. The second kappa shape index (κ2) is 8.94. The molecule has 7 nitrogen and oxygen atoms in total. The quantitative estimate of drug-likeness (QED) is 0.278. The lowest BCUT2D eigenvalue weighted by atomic mass is 10.1. The summed E-state index contributed by atoms with van der Waals surface area (Å²) in [7, 11) is 1.12. The lowest BCUT2D eigenvalue weighted by Gasteiger charge is -2.18. The number of amides is 1. The van der Waals surface area contributed by atoms with E-state index in [9.17, 15) is 19.2 Å². The molecule has 1 amide bonds. The number of nitrogens with one attached hydrogen (secondary N) is 1. The number of aliphatic carboxylic acids is 1. The van der Waals surface area contributed by atoms with E-state index in [0.717, 1.165) is 7.11 Å². The fourth-order valence-electron chi connectivity index (χ4n) is 1.79. The number of carboxylic acid groups (broad SMARTS) is 1. The van der Waals surface area contributed by atoms with Gasteiger partial charge in [0.1, 0.15) is 11.3 Å². The van der Waals surface area contributed by atoms with Crippen LogP contribution in [0.25, 0.3) is 0 Å². The Kier molecular flexibility index (Phi) is 7.27. The van der Waals surface area contributed by atoms with Crippen molar-refractivity contribution in [2.75, 3.05) is 7.11 Å². The van der Waals surface area contributed by atoms with E-state index in [1.807, 2.05) is 0 Å². The predicted molar refractivity (Wildman–Crippen MR) is 84.4 cm³/mol. The average Bonchev–Trinajstić information content (AvgIpc) is 2.56. The zero-order valence-corrected chi connectivity index (χ0v) is 13.3. The van der Waals surface area contributed by atoms with Crippen LogP contribution in [0.15, 0.2) is 30.3 Å². The van der Waals surface area contributed by atoms with E-state index in [0.29, 0.717) is 5.56 Å². The van der Waals surface area contributed by atoms with E-state index < -0.39 is 34.9 Å². The van der Waals surface area contributed by atoms with Gasteiger partial charge in [-0.05, 0) is 6.42 Å². The third-order valence-corrected chi connectivity index (χ3v) is 3.47. The third kappa shape index (κ3) is 5.74. The molecule has 124 valence electrons. The topological polar surface area (TPSA) is 110 Å². The number of benzene rings is 1. The highest BCUT2D eigenvalue weighted by Gasteiger charge is 2.29. The Bertz CT molecular complexity index is 589. The Morgan fingerprint density at radius 1 is 1.22 bits per heavy atom. The van der Waals surface area contributed by atoms with Crippen molar-refractivity contribution in [3.8, 4) is 0 Å². The van der Waals surface area contributed by atoms with E-state index in [1.165, 1.54) is 0 Å². The zero-order valence-electron chi connectivity index (χ0n) is 12.4. The zero-order chi connectivity index (χ0) is 17.4. The van der Waals surface area contributed by atoms with Crippen LogP contribution in [0.5, 0.6) is 0 Å². The number of carbonyl (C=O) groups is 4. The summed E-state index contributed by atoms with van der Waals surface area (Å²) < 4.78 is 4.51. The molecule has 0 heterocycles. The molecule has 2 N–H and O–H groups in total. The molecule has 0 bridgehead atoms. The van der Waals surface area contributed by atoms with Crippen molar-refractivity contribution >= 4 is 36.3 Å². The second-order valence-electron chi connectivity index (χ2n) is 4.65. The number of thiol groups is 1. The minimum absolute atomic E-state index is 0.145. The first-order valence-electron chi connectivity index (χ1n) is 6.74. The summed E-state index contributed by atoms with van der Waals surface area (Å²) >= 11 is 3.98. The Labute approximate surface area is 138 Å². The molecule has 0 aliphatic heterocycles. The van der Waals surface area contributed by atoms with Gasteiger partial charge in [0, 0.05) is 12.0 Å². The number of ketones is 1. The molecule has 0 aliphatic rings. The van der Waals surface area contributed by atoms with Gasteiger partial charge in [0.2, 0.25) is 5.91 Å². The van der Waals surface area contributed by atoms with Crippen molar-refractivity contribution < 1.29 is 29.0 Å². The van der Waals surface area contributed by atoms with Crippen molar-refractivity contribution in [2.45, 2.75) is 24.1 Å². The molecule has 0 radical (unpaired) electrons. The Morgan fingerprint density at radius 2 is 1.83 bits per heavy atom. The summed E-state index contributed by atoms with van der Waals surface area (Å²) in [6.07, 6.45) is -0.475. The maximum absolute atomic E-state index is 12.1. The molecule has 1 aromatic carbocycles. The molecule has 0 aromatic heterocycles. The molecule has 23 heavy (non-hydrogen) atoms. The van der Waals surface area contributed by atoms with Crippen LogP contribution in [-0.4, -0.2) is 47.1 Å². The van der Waals surface area contributed by atoms with Crippen LogP contribution in [-0.2, 0) is 19.1 Å². The molecule has 0 saturated carbocycles. The maximum Gasteiger partial charge on any atom is 0.328 e. The monoisotopic (exact) mass is 339 g/mol. The summed E-state index contributed by atoms with van der Waals surface area (Å²) in [4.78, 5) is 46.4. The van der Waals surface area contributed by atoms with Gasteiger partial charge in [-0.25, -0.2) is 4.79 Å². The molecule has 0 spiro atoms. The molecule has 0 aliphatic carbocycles. The van der Waals surface area contributed by atoms with E-state index in [1.54, 1.807) is 30.3 Å². The van der Waals surface area contributed by atoms with Gasteiger partial charge in [0.25, 0.3) is 0 Å². The standard InChI is InChI=1S/C15H17NO6S/c1-22-15(21)10(7-8-11(17)18)16-14(20)13(23)12(19)9-5-3-2-4-6-9/h2-6,10,13,23H,7-8H2,1H3,(H,16,20)(H,17,18)/t10-,13-/m0/s1. The SMILES string of the molecule is COC(=O)[C@H](CCC(=O)O)NC(=O)[C@@H](S)C(=O)c1ccccc1. The van der Waals surface area contributed by atoms with Crippen molar-refractivity contribution in [2.24, 2.45) is 0 Å². The molecular formula is C15H17NO6S. The average molecular weight is 339 g/mol. The highest BCUT2D eigenvalue weighted by atomic mass is 32.1. The minimum Gasteiger partial charge on any atom is -0.481 e. The van der Waals surface area contributed by atoms with Gasteiger partial charge in [-0.15, -0.1) is 0 Å². The summed E-state index contributed by atoms with van der Waals surface area (Å²) in [6.45, 7) is 0. The largest absolute Gasteiger partial charge is 0.481 e. The first kappa shape index (κ1) is 18.7. The summed E-state index contributed by atoms with van der Waals surface area (Å²) in [5.41, 5.74) is 0.308. The molecule has 0 unspecified atom stereocenters. The smallest absolute Gasteiger partial charge is 0.328 e. The van der Waals surface area contributed by atoms with Crippen LogP contribution < -0.4 is 5.32 Å². The number of esters is 1. The molecule has 0 fully saturated rings. The number of hydrogen-bond donors (Lipinski definition) is 3. The van der Waals surface area contributed by atoms with Gasteiger partial charge in [0.15, 0.2) is 5.78 Å². The number of carbonyl (C=O) groups excluding carboxylic acids is 3. The van der Waals surface area contributed by atoms with Crippen molar-refractivity contribution in [1.82, 2.24) is 5.32 Å². The van der Waals surface area contributed by atoms with Gasteiger partial charge in [-0.1, -0.05) is 30.3 Å². The van der Waals surface area contributed by atoms with E-state index in [-0.39, 0.29) is 12.8 Å². The highest BCUT2D eigenvalue weighted by molar-refractivity contribution is 7.82. The van der Waals surface area contributed by atoms with Gasteiger partial charge < -0.3 is 15.2 Å². The predicted octanol–water partition coefficient (Wildman–Crippen LogP) is 0.690. The van der Waals surface area contributed by atoms with Crippen LogP contribution in [0.2, 0.25) is 0 Å². The normalized spacial score (nSPS) is 12.8. The van der Waals surface area contributed by atoms with E-state index in [4.69, 9.17) is 5.11 Å². The number of carboxylic acids is 1.